The lowest BCUT2D eigenvalue weighted by Crippen LogP contribution is -2.41. The van der Waals surface area contributed by atoms with E-state index in [1.807, 2.05) is 0 Å². The van der Waals surface area contributed by atoms with Gasteiger partial charge in [-0.2, -0.15) is 13.2 Å². The number of hydrogen-bond acceptors (Lipinski definition) is 2. The van der Waals surface area contributed by atoms with Crippen LogP contribution in [0.2, 0.25) is 0 Å². The minimum atomic E-state index is -3.97. The van der Waals surface area contributed by atoms with Gasteiger partial charge in [0.15, 0.2) is 0 Å². The second-order valence-corrected chi connectivity index (χ2v) is 1.57. The van der Waals surface area contributed by atoms with Crippen molar-refractivity contribution in [3.63, 3.8) is 0 Å². The van der Waals surface area contributed by atoms with Crippen LogP contribution in [0.25, 0.3) is 0 Å². The second-order valence-electron chi connectivity index (χ2n) is 1.57. The minimum absolute atomic E-state index is 1.74. The van der Waals surface area contributed by atoms with Gasteiger partial charge >= 0.3 is 5.92 Å². The Bertz CT molecular complexity index is 206. The summed E-state index contributed by atoms with van der Waals surface area (Å²) >= 11 is 0. The van der Waals surface area contributed by atoms with E-state index in [4.69, 9.17) is 5.11 Å². The van der Waals surface area contributed by atoms with Crippen LogP contribution < -0.4 is 0 Å². The molecule has 0 heterocycles. The van der Waals surface area contributed by atoms with Gasteiger partial charge in [-0.3, -0.25) is 4.79 Å². The number of alkyl halides is 2. The number of halogens is 3. The maximum absolute atomic E-state index is 11.7. The maximum Gasteiger partial charge on any atom is 0.371 e. The fourth-order valence-electron chi connectivity index (χ4n) is 0.428. The van der Waals surface area contributed by atoms with Crippen molar-refractivity contribution in [2.75, 3.05) is 0 Å². The molecule has 5 heteroatoms. The van der Waals surface area contributed by atoms with E-state index in [1.165, 1.54) is 0 Å². The van der Waals surface area contributed by atoms with Crippen LogP contribution in [0.15, 0.2) is 11.6 Å². The van der Waals surface area contributed by atoms with Crippen molar-refractivity contribution in [3.8, 4) is 0 Å². The summed E-state index contributed by atoms with van der Waals surface area (Å²) < 4.78 is 35.0. The molecule has 0 amide bonds. The van der Waals surface area contributed by atoms with Gasteiger partial charge in [-0.15, -0.1) is 0 Å². The molecule has 0 radical (unpaired) electrons. The summed E-state index contributed by atoms with van der Waals surface area (Å²) in [6.07, 6.45) is 0. The van der Waals surface area contributed by atoms with Crippen molar-refractivity contribution in [2.24, 2.45) is 0 Å². The highest BCUT2D eigenvalue weighted by Gasteiger charge is 2.58. The van der Waals surface area contributed by atoms with Crippen LogP contribution in [0.1, 0.15) is 0 Å². The zero-order valence-corrected chi connectivity index (χ0v) is 3.99. The van der Waals surface area contributed by atoms with E-state index >= 15 is 0 Å². The third-order valence-electron chi connectivity index (χ3n) is 0.990. The van der Waals surface area contributed by atoms with Crippen molar-refractivity contribution in [3.05, 3.63) is 11.6 Å². The van der Waals surface area contributed by atoms with Crippen molar-refractivity contribution in [1.82, 2.24) is 0 Å². The van der Waals surface area contributed by atoms with Crippen LogP contribution in [0, 0.1) is 0 Å². The van der Waals surface area contributed by atoms with Crippen LogP contribution >= 0.6 is 0 Å². The molecule has 1 aliphatic carbocycles. The van der Waals surface area contributed by atoms with Crippen LogP contribution in [0.4, 0.5) is 13.2 Å². The molecule has 0 spiro atoms. The van der Waals surface area contributed by atoms with Gasteiger partial charge in [0.05, 0.1) is 0 Å². The number of carbonyl (C=O) groups excluding carboxylic acids is 1. The summed E-state index contributed by atoms with van der Waals surface area (Å²) in [6, 6.07) is 0. The smallest absolute Gasteiger partial charge is 0.371 e. The summed E-state index contributed by atoms with van der Waals surface area (Å²) in [5.41, 5.74) is 0. The fraction of sp³-hybridized carbons (Fsp3) is 0.250. The fourth-order valence-corrected chi connectivity index (χ4v) is 0.428. The first-order chi connectivity index (χ1) is 3.98. The largest absolute Gasteiger partial charge is 0.504 e. The molecule has 9 heavy (non-hydrogen) atoms. The zero-order chi connectivity index (χ0) is 7.23. The molecule has 0 bridgehead atoms. The predicted octanol–water partition coefficient (Wildman–Crippen LogP) is 0.944. The normalized spacial score (nSPS) is 24.1. The number of Topliss-reactive ketones (excluding diaryl/α,β-unsaturated/α-hetero) is 1. The first-order valence-corrected chi connectivity index (χ1v) is 1.99. The van der Waals surface area contributed by atoms with E-state index in [0.717, 1.165) is 0 Å². The van der Waals surface area contributed by atoms with Gasteiger partial charge < -0.3 is 5.11 Å². The first kappa shape index (κ1) is 6.12. The molecule has 50 valence electrons. The molecule has 2 nitrogen and oxygen atoms in total. The topological polar surface area (TPSA) is 37.3 Å². The molecule has 0 aromatic heterocycles. The Kier molecular flexibility index (Phi) is 0.875. The predicted molar refractivity (Wildman–Crippen MR) is 20.7 cm³/mol. The quantitative estimate of drug-likeness (QED) is 0.540. The Hall–Kier alpha value is -1.00. The van der Waals surface area contributed by atoms with Gasteiger partial charge in [0.1, 0.15) is 0 Å². The molecule has 0 aliphatic heterocycles. The lowest BCUT2D eigenvalue weighted by Gasteiger charge is -2.20. The van der Waals surface area contributed by atoms with E-state index < -0.39 is 23.3 Å². The Morgan fingerprint density at radius 2 is 1.89 bits per heavy atom. The van der Waals surface area contributed by atoms with E-state index in [1.54, 1.807) is 0 Å². The Morgan fingerprint density at radius 3 is 2.00 bits per heavy atom. The summed E-state index contributed by atoms with van der Waals surface area (Å²) in [7, 11) is 0. The van der Waals surface area contributed by atoms with Crippen molar-refractivity contribution in [1.29, 1.82) is 0 Å². The number of aliphatic hydroxyl groups excluding tert-OH is 1. The number of aliphatic hydroxyl groups is 1. The van der Waals surface area contributed by atoms with Gasteiger partial charge in [-0.05, 0) is 0 Å². The third kappa shape index (κ3) is 0.485. The second kappa shape index (κ2) is 1.29. The van der Waals surface area contributed by atoms with E-state index in [-0.39, 0.29) is 0 Å². The third-order valence-corrected chi connectivity index (χ3v) is 0.990. The summed E-state index contributed by atoms with van der Waals surface area (Å²) in [4.78, 5) is 9.75. The molecule has 0 saturated carbocycles. The van der Waals surface area contributed by atoms with Crippen molar-refractivity contribution < 1.29 is 23.1 Å². The number of carbonyl (C=O) groups is 1. The highest BCUT2D eigenvalue weighted by atomic mass is 19.3. The standard InChI is InChI=1S/C4HF3O2/c5-1-2(8)4(6,7)3(1)9/h8H. The Morgan fingerprint density at radius 1 is 1.44 bits per heavy atom. The molecule has 0 fully saturated rings. The summed E-state index contributed by atoms with van der Waals surface area (Å²) in [6.45, 7) is 0. The van der Waals surface area contributed by atoms with Crippen LogP contribution in [0.3, 0.4) is 0 Å². The summed E-state index contributed by atoms with van der Waals surface area (Å²) in [5, 5.41) is 7.95. The Balaban J connectivity index is 3.06. The van der Waals surface area contributed by atoms with Crippen molar-refractivity contribution in [2.45, 2.75) is 5.92 Å². The average Bonchev–Trinajstić information content (AvgIpc) is 1.84. The highest BCUT2D eigenvalue weighted by Crippen LogP contribution is 2.38. The van der Waals surface area contributed by atoms with Gasteiger partial charge in [0.2, 0.25) is 11.6 Å². The summed E-state index contributed by atoms with van der Waals surface area (Å²) in [5.74, 6) is -9.41. The zero-order valence-electron chi connectivity index (χ0n) is 3.99. The van der Waals surface area contributed by atoms with Crippen LogP contribution in [-0.2, 0) is 4.79 Å². The van der Waals surface area contributed by atoms with Crippen LogP contribution in [0.5, 0.6) is 0 Å². The number of ketones is 1. The molecule has 1 N–H and O–H groups in total. The molecular weight excluding hydrogens is 137 g/mol. The molecule has 0 saturated heterocycles. The SMILES string of the molecule is O=C1C(F)=C(O)C1(F)F. The number of hydrogen-bond donors (Lipinski definition) is 1. The number of allylic oxidation sites excluding steroid dienone is 2. The van der Waals surface area contributed by atoms with Gasteiger partial charge in [-0.1, -0.05) is 0 Å². The van der Waals surface area contributed by atoms with E-state index in [9.17, 15) is 18.0 Å². The van der Waals surface area contributed by atoms with Gasteiger partial charge in [-0.25, -0.2) is 0 Å². The lowest BCUT2D eigenvalue weighted by atomic mass is 10.00. The molecule has 0 aromatic rings. The van der Waals surface area contributed by atoms with E-state index in [0.29, 0.717) is 0 Å². The first-order valence-electron chi connectivity index (χ1n) is 1.99. The molecule has 0 unspecified atom stereocenters. The minimum Gasteiger partial charge on any atom is -0.504 e. The monoisotopic (exact) mass is 138 g/mol. The van der Waals surface area contributed by atoms with Crippen LogP contribution in [-0.4, -0.2) is 16.8 Å². The number of rotatable bonds is 0. The molecule has 1 aliphatic rings. The van der Waals surface area contributed by atoms with Gasteiger partial charge in [0, 0.05) is 0 Å². The lowest BCUT2D eigenvalue weighted by molar-refractivity contribution is -0.147. The maximum atomic E-state index is 11.7. The molecular formula is C4HF3O2. The molecule has 1 rings (SSSR count). The average molecular weight is 138 g/mol. The Labute approximate surface area is 47.6 Å². The highest BCUT2D eigenvalue weighted by molar-refractivity contribution is 6.08. The molecule has 0 aromatic carbocycles. The van der Waals surface area contributed by atoms with E-state index in [2.05, 4.69) is 0 Å². The van der Waals surface area contributed by atoms with Gasteiger partial charge in [0.25, 0.3) is 5.78 Å². The molecule has 0 atom stereocenters. The van der Waals surface area contributed by atoms with Crippen molar-refractivity contribution >= 4 is 5.78 Å².